The van der Waals surface area contributed by atoms with Crippen molar-refractivity contribution in [2.45, 2.75) is 14.7 Å². The first-order chi connectivity index (χ1) is 31.0. The van der Waals surface area contributed by atoms with Gasteiger partial charge < -0.3 is 9.47 Å². The molecule has 3 nitrogen and oxygen atoms in total. The van der Waals surface area contributed by atoms with Gasteiger partial charge in [-0.15, -0.1) is 69.3 Å². The average molecular weight is 927 g/mol. The lowest BCUT2D eigenvalue weighted by atomic mass is 9.97. The van der Waals surface area contributed by atoms with Crippen LogP contribution in [0.25, 0.3) is 71.3 Å². The number of hydrogen-bond acceptors (Lipinski definition) is 9. The molecule has 0 saturated carbocycles. The Bertz CT molecular complexity index is 3240. The van der Waals surface area contributed by atoms with Gasteiger partial charge in [0.25, 0.3) is 0 Å². The molecule has 0 N–H and O–H groups in total. The molecule has 8 aromatic carbocycles. The van der Waals surface area contributed by atoms with Gasteiger partial charge in [0.15, 0.2) is 0 Å². The maximum Gasteiger partial charge on any atom is 0.335 e. The monoisotopic (exact) mass is 926 g/mol. The molecule has 0 amide bonds. The fourth-order valence-electron chi connectivity index (χ4n) is 8.20. The molecule has 3 heterocycles. The van der Waals surface area contributed by atoms with Gasteiger partial charge in [-0.3, -0.25) is 0 Å². The minimum atomic E-state index is -0.477. The van der Waals surface area contributed by atoms with Gasteiger partial charge >= 0.3 is 5.97 Å². The molecule has 0 aliphatic carbocycles. The maximum atomic E-state index is 11.9. The Labute approximate surface area is 389 Å². The number of hydrogen-bond donors (Lipinski definition) is 0. The second-order valence-electron chi connectivity index (χ2n) is 15.6. The van der Waals surface area contributed by atoms with E-state index in [4.69, 9.17) is 9.47 Å². The van der Waals surface area contributed by atoms with Crippen molar-refractivity contribution in [3.63, 3.8) is 0 Å². The van der Waals surface area contributed by atoms with Crippen LogP contribution >= 0.6 is 69.3 Å². The molecular formula is C54H38O3S6. The van der Waals surface area contributed by atoms with Gasteiger partial charge in [-0.25, -0.2) is 4.79 Å². The molecule has 9 heteroatoms. The summed E-state index contributed by atoms with van der Waals surface area (Å²) in [6.07, 6.45) is 1.18. The van der Waals surface area contributed by atoms with Crippen LogP contribution in [0.3, 0.4) is 0 Å². The van der Waals surface area contributed by atoms with Crippen molar-refractivity contribution in [3.05, 3.63) is 176 Å². The molecule has 11 rings (SSSR count). The summed E-state index contributed by atoms with van der Waals surface area (Å²) in [5, 5.41) is 9.88. The highest BCUT2D eigenvalue weighted by Gasteiger charge is 2.34. The van der Waals surface area contributed by atoms with Gasteiger partial charge in [0.1, 0.15) is 11.5 Å². The molecule has 0 spiro atoms. The molecule has 0 bridgehead atoms. The number of esters is 1. The first kappa shape index (κ1) is 40.5. The Balaban J connectivity index is 0.990. The van der Waals surface area contributed by atoms with Crippen molar-refractivity contribution in [1.82, 2.24) is 0 Å². The van der Waals surface area contributed by atoms with E-state index in [-0.39, 0.29) is 5.41 Å². The zero-order valence-corrected chi connectivity index (χ0v) is 38.8. The van der Waals surface area contributed by atoms with Crippen LogP contribution in [0.4, 0.5) is 0 Å². The molecule has 0 unspecified atom stereocenters. The number of fused-ring (bicyclic) bond motifs is 10. The topological polar surface area (TPSA) is 35.5 Å². The summed E-state index contributed by atoms with van der Waals surface area (Å²) >= 11 is 11.6. The van der Waals surface area contributed by atoms with E-state index in [1.54, 1.807) is 0 Å². The molecule has 3 aromatic heterocycles. The largest absolute Gasteiger partial charge is 0.493 e. The van der Waals surface area contributed by atoms with E-state index in [0.717, 1.165) is 33.8 Å². The van der Waals surface area contributed by atoms with Crippen LogP contribution in [0.5, 0.6) is 11.5 Å². The zero-order chi connectivity index (χ0) is 42.3. The van der Waals surface area contributed by atoms with Gasteiger partial charge in [-0.2, -0.15) is 0 Å². The summed E-state index contributed by atoms with van der Waals surface area (Å²) in [6, 6.07) is 58.5. The number of carbonyl (C=O) groups is 1. The highest BCUT2D eigenvalue weighted by atomic mass is 32.2. The third-order valence-corrected chi connectivity index (χ3v) is 19.7. The Hall–Kier alpha value is -5.26. The van der Waals surface area contributed by atoms with Crippen LogP contribution in [-0.4, -0.2) is 29.8 Å². The van der Waals surface area contributed by atoms with Crippen LogP contribution in [0.15, 0.2) is 191 Å². The van der Waals surface area contributed by atoms with Crippen molar-refractivity contribution < 1.29 is 14.3 Å². The summed E-state index contributed by atoms with van der Waals surface area (Å²) in [4.78, 5) is 15.9. The van der Waals surface area contributed by atoms with Gasteiger partial charge in [0.2, 0.25) is 0 Å². The van der Waals surface area contributed by atoms with Crippen molar-refractivity contribution in [2.75, 3.05) is 23.9 Å². The first-order valence-corrected chi connectivity index (χ1v) is 26.0. The quantitative estimate of drug-likeness (QED) is 0.0468. The third-order valence-electron chi connectivity index (χ3n) is 11.4. The Kier molecular flexibility index (Phi) is 11.2. The van der Waals surface area contributed by atoms with Crippen LogP contribution in [0, 0.1) is 5.41 Å². The number of ether oxygens (including phenoxy) is 2. The van der Waals surface area contributed by atoms with E-state index in [9.17, 15) is 4.79 Å². The molecule has 0 fully saturated rings. The normalized spacial score (nSPS) is 12.1. The number of rotatable bonds is 14. The number of thiophene rings is 3. The standard InChI is InChI=1S/C54H38O3S6/c1-2-50(55)57-37-27-25-34-28-36(26-24-35(34)29-37)56-30-54(31-58-47-21-9-15-41-38-12-3-6-18-44(38)61-51(41)47,32-59-48-22-10-16-42-39-13-4-7-19-45(39)62-52(42)48)33-60-49-23-11-17-43-40-14-5-8-20-46(40)63-53(43)49/h2-29H,1,30-33H2. The molecule has 0 atom stereocenters. The van der Waals surface area contributed by atoms with Gasteiger partial charge in [-0.1, -0.05) is 110 Å². The van der Waals surface area contributed by atoms with Crippen LogP contribution < -0.4 is 9.47 Å². The summed E-state index contributed by atoms with van der Waals surface area (Å²) < 4.78 is 20.4. The van der Waals surface area contributed by atoms with Crippen molar-refractivity contribution >= 4 is 147 Å². The first-order valence-electron chi connectivity index (χ1n) is 20.6. The minimum Gasteiger partial charge on any atom is -0.493 e. The van der Waals surface area contributed by atoms with Crippen LogP contribution in [0.1, 0.15) is 0 Å². The third kappa shape index (κ3) is 8.00. The molecular weight excluding hydrogens is 889 g/mol. The molecule has 0 aliphatic rings. The smallest absolute Gasteiger partial charge is 0.335 e. The van der Waals surface area contributed by atoms with Crippen molar-refractivity contribution in [3.8, 4) is 11.5 Å². The Morgan fingerprint density at radius 2 is 0.889 bits per heavy atom. The predicted molar refractivity (Wildman–Crippen MR) is 278 cm³/mol. The summed E-state index contributed by atoms with van der Waals surface area (Å²) in [7, 11) is 0. The van der Waals surface area contributed by atoms with Gasteiger partial charge in [0, 0.05) is 104 Å². The van der Waals surface area contributed by atoms with Gasteiger partial charge in [0.05, 0.1) is 6.61 Å². The lowest BCUT2D eigenvalue weighted by molar-refractivity contribution is -0.128. The van der Waals surface area contributed by atoms with E-state index < -0.39 is 5.97 Å². The van der Waals surface area contributed by atoms with Crippen LogP contribution in [-0.2, 0) is 4.79 Å². The Morgan fingerprint density at radius 1 is 0.492 bits per heavy atom. The number of thioether (sulfide) groups is 3. The van der Waals surface area contributed by atoms with Crippen molar-refractivity contribution in [1.29, 1.82) is 0 Å². The van der Waals surface area contributed by atoms with E-state index in [1.165, 1.54) is 81.3 Å². The summed E-state index contributed by atoms with van der Waals surface area (Å²) in [5.74, 6) is 3.40. The maximum absolute atomic E-state index is 11.9. The lowest BCUT2D eigenvalue weighted by Crippen LogP contribution is -2.37. The molecule has 11 aromatic rings. The Morgan fingerprint density at radius 3 is 1.33 bits per heavy atom. The second-order valence-corrected chi connectivity index (χ2v) is 21.9. The molecule has 0 aliphatic heterocycles. The molecule has 0 radical (unpaired) electrons. The highest BCUT2D eigenvalue weighted by Crippen LogP contribution is 2.47. The van der Waals surface area contributed by atoms with Gasteiger partial charge in [-0.05, 0) is 71.4 Å². The lowest BCUT2D eigenvalue weighted by Gasteiger charge is -2.33. The number of carbonyl (C=O) groups excluding carboxylic acids is 1. The van der Waals surface area contributed by atoms with Crippen molar-refractivity contribution in [2.24, 2.45) is 5.41 Å². The highest BCUT2D eigenvalue weighted by molar-refractivity contribution is 8.01. The van der Waals surface area contributed by atoms with E-state index in [0.29, 0.717) is 12.4 Å². The van der Waals surface area contributed by atoms with E-state index in [2.05, 4.69) is 140 Å². The molecule has 63 heavy (non-hydrogen) atoms. The molecule has 308 valence electrons. The zero-order valence-electron chi connectivity index (χ0n) is 33.9. The minimum absolute atomic E-state index is 0.283. The number of benzene rings is 8. The molecule has 0 saturated heterocycles. The summed E-state index contributed by atoms with van der Waals surface area (Å²) in [6.45, 7) is 4.06. The SMILES string of the molecule is C=CC(=O)Oc1ccc2cc(OCC(CSc3cccc4c3sc3ccccc34)(CSc3cccc4c3sc3ccccc34)CSc3cccc4c3sc3ccccc34)ccc2c1. The average Bonchev–Trinajstić information content (AvgIpc) is 4.03. The van der Waals surface area contributed by atoms with Crippen LogP contribution in [0.2, 0.25) is 0 Å². The second kappa shape index (κ2) is 17.4. The van der Waals surface area contributed by atoms with E-state index >= 15 is 0 Å². The summed E-state index contributed by atoms with van der Waals surface area (Å²) in [5.41, 5.74) is -0.283. The fraction of sp³-hybridized carbons (Fsp3) is 0.0926. The van der Waals surface area contributed by atoms with E-state index in [1.807, 2.05) is 99.6 Å². The predicted octanol–water partition coefficient (Wildman–Crippen LogP) is 16.8. The fourth-order valence-corrected chi connectivity index (χ4v) is 16.3.